The molecule has 0 heterocycles. The van der Waals surface area contributed by atoms with Gasteiger partial charge in [0.2, 0.25) is 0 Å². The van der Waals surface area contributed by atoms with Crippen LogP contribution >= 0.6 is 38.5 Å². The van der Waals surface area contributed by atoms with Crippen molar-refractivity contribution in [1.29, 1.82) is 0 Å². The summed E-state index contributed by atoms with van der Waals surface area (Å²) in [6.07, 6.45) is 0. The Hall–Kier alpha value is 0.0300. The van der Waals surface area contributed by atoms with Crippen LogP contribution in [0.1, 0.15) is 0 Å². The number of rotatable bonds is 0. The standard InChI is InChI=1S/C6H6BrIN2/c7-3-1-2-4(9)5(8)6(3)10/h1-2H,9-10H2. The van der Waals surface area contributed by atoms with E-state index in [4.69, 9.17) is 11.5 Å². The monoisotopic (exact) mass is 312 g/mol. The molecule has 1 rings (SSSR count). The highest BCUT2D eigenvalue weighted by atomic mass is 127. The summed E-state index contributed by atoms with van der Waals surface area (Å²) < 4.78 is 1.80. The van der Waals surface area contributed by atoms with Crippen molar-refractivity contribution in [2.75, 3.05) is 11.5 Å². The van der Waals surface area contributed by atoms with Crippen LogP contribution in [0.2, 0.25) is 0 Å². The number of nitrogens with two attached hydrogens (primary N) is 2. The quantitative estimate of drug-likeness (QED) is 0.570. The van der Waals surface area contributed by atoms with Crippen molar-refractivity contribution >= 4 is 49.9 Å². The van der Waals surface area contributed by atoms with Gasteiger partial charge in [-0.2, -0.15) is 0 Å². The van der Waals surface area contributed by atoms with Crippen molar-refractivity contribution < 1.29 is 0 Å². The molecule has 1 aromatic rings. The molecule has 54 valence electrons. The maximum Gasteiger partial charge on any atom is 0.0615 e. The Morgan fingerprint density at radius 2 is 1.90 bits per heavy atom. The Morgan fingerprint density at radius 3 is 2.40 bits per heavy atom. The molecule has 0 aliphatic carbocycles. The molecule has 4 heteroatoms. The summed E-state index contributed by atoms with van der Waals surface area (Å²) in [6.45, 7) is 0. The topological polar surface area (TPSA) is 52.0 Å². The molecule has 0 spiro atoms. The van der Waals surface area contributed by atoms with Gasteiger partial charge in [0, 0.05) is 10.2 Å². The van der Waals surface area contributed by atoms with Crippen LogP contribution in [0.3, 0.4) is 0 Å². The molecule has 1 aromatic carbocycles. The smallest absolute Gasteiger partial charge is 0.0615 e. The Kier molecular flexibility index (Phi) is 2.40. The SMILES string of the molecule is Nc1ccc(Br)c(N)c1I. The predicted octanol–water partition coefficient (Wildman–Crippen LogP) is 2.22. The van der Waals surface area contributed by atoms with Gasteiger partial charge in [0.1, 0.15) is 0 Å². The number of nitrogen functional groups attached to an aromatic ring is 2. The summed E-state index contributed by atoms with van der Waals surface area (Å²) in [5.74, 6) is 0. The normalized spacial score (nSPS) is 9.80. The molecule has 2 nitrogen and oxygen atoms in total. The zero-order chi connectivity index (χ0) is 7.72. The Labute approximate surface area is 81.2 Å². The molecule has 4 N–H and O–H groups in total. The first-order valence-corrected chi connectivity index (χ1v) is 4.49. The minimum Gasteiger partial charge on any atom is -0.398 e. The highest BCUT2D eigenvalue weighted by molar-refractivity contribution is 14.1. The van der Waals surface area contributed by atoms with Gasteiger partial charge in [-0.1, -0.05) is 0 Å². The van der Waals surface area contributed by atoms with E-state index in [1.54, 1.807) is 0 Å². The van der Waals surface area contributed by atoms with E-state index in [-0.39, 0.29) is 0 Å². The van der Waals surface area contributed by atoms with E-state index in [1.807, 2.05) is 12.1 Å². The minimum absolute atomic E-state index is 0.709. The van der Waals surface area contributed by atoms with Gasteiger partial charge in [0.15, 0.2) is 0 Å². The molecule has 0 radical (unpaired) electrons. The van der Waals surface area contributed by atoms with Gasteiger partial charge in [-0.3, -0.25) is 0 Å². The van der Waals surface area contributed by atoms with Gasteiger partial charge in [-0.05, 0) is 50.7 Å². The summed E-state index contributed by atoms with van der Waals surface area (Å²) in [5.41, 5.74) is 12.7. The number of hydrogen-bond donors (Lipinski definition) is 2. The third kappa shape index (κ3) is 1.37. The van der Waals surface area contributed by atoms with Crippen LogP contribution in [0.15, 0.2) is 16.6 Å². The molecule has 0 amide bonds. The molecular formula is C6H6BrIN2. The fraction of sp³-hybridized carbons (Fsp3) is 0. The third-order valence-electron chi connectivity index (χ3n) is 1.16. The van der Waals surface area contributed by atoms with Crippen molar-refractivity contribution in [2.45, 2.75) is 0 Å². The van der Waals surface area contributed by atoms with Crippen molar-refractivity contribution in [3.8, 4) is 0 Å². The van der Waals surface area contributed by atoms with Crippen molar-refractivity contribution in [2.24, 2.45) is 0 Å². The zero-order valence-corrected chi connectivity index (χ0v) is 8.81. The molecule has 10 heavy (non-hydrogen) atoms. The second kappa shape index (κ2) is 2.96. The Balaban J connectivity index is 3.34. The lowest BCUT2D eigenvalue weighted by Gasteiger charge is -2.02. The average Bonchev–Trinajstić information content (AvgIpc) is 1.93. The molecule has 0 bridgehead atoms. The van der Waals surface area contributed by atoms with E-state index in [1.165, 1.54) is 0 Å². The minimum atomic E-state index is 0.709. The first-order valence-electron chi connectivity index (χ1n) is 2.62. The van der Waals surface area contributed by atoms with Gasteiger partial charge in [-0.15, -0.1) is 0 Å². The Morgan fingerprint density at radius 1 is 1.30 bits per heavy atom. The van der Waals surface area contributed by atoms with E-state index in [2.05, 4.69) is 38.5 Å². The van der Waals surface area contributed by atoms with Gasteiger partial charge in [0.25, 0.3) is 0 Å². The van der Waals surface area contributed by atoms with Gasteiger partial charge in [0.05, 0.1) is 9.26 Å². The van der Waals surface area contributed by atoms with Crippen LogP contribution in [0.25, 0.3) is 0 Å². The van der Waals surface area contributed by atoms with Crippen molar-refractivity contribution in [3.63, 3.8) is 0 Å². The first kappa shape index (κ1) is 8.13. The van der Waals surface area contributed by atoms with E-state index in [9.17, 15) is 0 Å². The van der Waals surface area contributed by atoms with Gasteiger partial charge >= 0.3 is 0 Å². The summed E-state index contributed by atoms with van der Waals surface area (Å²) in [4.78, 5) is 0. The molecule has 0 saturated carbocycles. The average molecular weight is 313 g/mol. The molecule has 0 aliphatic rings. The molecule has 0 unspecified atom stereocenters. The van der Waals surface area contributed by atoms with Crippen LogP contribution < -0.4 is 11.5 Å². The summed E-state index contributed by atoms with van der Waals surface area (Å²) in [7, 11) is 0. The first-order chi connectivity index (χ1) is 4.63. The van der Waals surface area contributed by atoms with E-state index in [0.29, 0.717) is 5.69 Å². The van der Waals surface area contributed by atoms with Gasteiger partial charge < -0.3 is 11.5 Å². The lowest BCUT2D eigenvalue weighted by atomic mass is 10.3. The highest BCUT2D eigenvalue weighted by Crippen LogP contribution is 2.28. The van der Waals surface area contributed by atoms with Crippen LogP contribution in [-0.2, 0) is 0 Å². The zero-order valence-electron chi connectivity index (χ0n) is 5.07. The molecule has 0 saturated heterocycles. The molecule has 0 aliphatic heterocycles. The largest absolute Gasteiger partial charge is 0.398 e. The van der Waals surface area contributed by atoms with E-state index < -0.39 is 0 Å². The number of halogens is 2. The molecule has 0 atom stereocenters. The van der Waals surface area contributed by atoms with Crippen molar-refractivity contribution in [3.05, 3.63) is 20.2 Å². The highest BCUT2D eigenvalue weighted by Gasteiger charge is 2.02. The third-order valence-corrected chi connectivity index (χ3v) is 3.05. The van der Waals surface area contributed by atoms with Gasteiger partial charge in [-0.25, -0.2) is 0 Å². The molecular weight excluding hydrogens is 307 g/mol. The molecule has 0 fully saturated rings. The predicted molar refractivity (Wildman–Crippen MR) is 55.7 cm³/mol. The molecule has 0 aromatic heterocycles. The van der Waals surface area contributed by atoms with E-state index in [0.717, 1.165) is 13.7 Å². The second-order valence-electron chi connectivity index (χ2n) is 1.86. The summed E-state index contributed by atoms with van der Waals surface area (Å²) >= 11 is 5.41. The summed E-state index contributed by atoms with van der Waals surface area (Å²) in [5, 5.41) is 0. The lowest BCUT2D eigenvalue weighted by molar-refractivity contribution is 1.57. The fourth-order valence-electron chi connectivity index (χ4n) is 0.586. The Bertz CT molecular complexity index is 235. The summed E-state index contributed by atoms with van der Waals surface area (Å²) in [6, 6.07) is 3.66. The number of hydrogen-bond acceptors (Lipinski definition) is 2. The fourth-order valence-corrected chi connectivity index (χ4v) is 1.76. The van der Waals surface area contributed by atoms with Crippen LogP contribution in [0.5, 0.6) is 0 Å². The van der Waals surface area contributed by atoms with Crippen LogP contribution in [0, 0.1) is 3.57 Å². The van der Waals surface area contributed by atoms with Crippen LogP contribution in [0.4, 0.5) is 11.4 Å². The maximum absolute atomic E-state index is 5.65. The second-order valence-corrected chi connectivity index (χ2v) is 3.80. The number of anilines is 2. The van der Waals surface area contributed by atoms with Crippen LogP contribution in [-0.4, -0.2) is 0 Å². The van der Waals surface area contributed by atoms with E-state index >= 15 is 0 Å². The number of benzene rings is 1. The van der Waals surface area contributed by atoms with Crippen molar-refractivity contribution in [1.82, 2.24) is 0 Å². The lowest BCUT2D eigenvalue weighted by Crippen LogP contribution is -1.95. The maximum atomic E-state index is 5.65.